The van der Waals surface area contributed by atoms with Crippen LogP contribution in [0.25, 0.3) is 49.8 Å². The third-order valence-electron chi connectivity index (χ3n) is 8.41. The lowest BCUT2D eigenvalue weighted by atomic mass is 9.96. The number of allylic oxidation sites excluding steroid dienone is 1. The first-order valence-electron chi connectivity index (χ1n) is 14.3. The number of aromatic nitrogens is 2. The maximum Gasteiger partial charge on any atom is 0.328 e. The van der Waals surface area contributed by atoms with Crippen molar-refractivity contribution in [1.29, 1.82) is 0 Å². The van der Waals surface area contributed by atoms with Crippen molar-refractivity contribution in [3.8, 4) is 11.1 Å². The Bertz CT molecular complexity index is 2320. The summed E-state index contributed by atoms with van der Waals surface area (Å²) in [6.45, 7) is 0. The topological polar surface area (TPSA) is 64.5 Å². The van der Waals surface area contributed by atoms with Gasteiger partial charge >= 0.3 is 5.69 Å². The van der Waals surface area contributed by atoms with Crippen LogP contribution in [-0.2, 0) is 14.1 Å². The third kappa shape index (κ3) is 4.10. The average molecular weight is 561 g/mol. The van der Waals surface area contributed by atoms with E-state index >= 15 is 0 Å². The Morgan fingerprint density at radius 1 is 0.698 bits per heavy atom. The number of imidazole rings is 1. The predicted octanol–water partition coefficient (Wildman–Crippen LogP) is 7.58. The van der Waals surface area contributed by atoms with Crippen LogP contribution in [0.2, 0.25) is 0 Å². The highest BCUT2D eigenvalue weighted by molar-refractivity contribution is 6.16. The van der Waals surface area contributed by atoms with Gasteiger partial charge in [0.15, 0.2) is 0 Å². The van der Waals surface area contributed by atoms with Gasteiger partial charge in [0.2, 0.25) is 0 Å². The summed E-state index contributed by atoms with van der Waals surface area (Å²) < 4.78 is 9.58. The monoisotopic (exact) mass is 560 g/mol. The van der Waals surface area contributed by atoms with Crippen LogP contribution in [0.1, 0.15) is 22.9 Å². The molecule has 0 fully saturated rings. The maximum absolute atomic E-state index is 12.5. The number of nitrogens with one attached hydrogen (secondary N) is 1. The number of benzene rings is 5. The van der Waals surface area contributed by atoms with E-state index in [-0.39, 0.29) is 11.9 Å². The van der Waals surface area contributed by atoms with Crippen molar-refractivity contribution >= 4 is 44.4 Å². The maximum atomic E-state index is 12.5. The molecule has 6 heteroatoms. The van der Waals surface area contributed by atoms with E-state index in [1.165, 1.54) is 0 Å². The Morgan fingerprint density at radius 2 is 1.42 bits per heavy atom. The second-order valence-corrected chi connectivity index (χ2v) is 11.0. The van der Waals surface area contributed by atoms with Gasteiger partial charge in [-0.3, -0.25) is 14.1 Å². The van der Waals surface area contributed by atoms with Crippen LogP contribution in [0.4, 0.5) is 0 Å². The Kier molecular flexibility index (Phi) is 5.69. The van der Waals surface area contributed by atoms with Crippen molar-refractivity contribution in [2.75, 3.05) is 0 Å². The molecule has 43 heavy (non-hydrogen) atoms. The van der Waals surface area contributed by atoms with Crippen molar-refractivity contribution in [2.45, 2.75) is 6.17 Å². The van der Waals surface area contributed by atoms with Gasteiger partial charge < -0.3 is 9.73 Å². The molecule has 8 rings (SSSR count). The minimum Gasteiger partial charge on any atom is -0.456 e. The Balaban J connectivity index is 1.28. The minimum absolute atomic E-state index is 0.0324. The molecule has 0 aliphatic carbocycles. The first-order valence-corrected chi connectivity index (χ1v) is 14.3. The summed E-state index contributed by atoms with van der Waals surface area (Å²) in [7, 11) is 3.62. The molecule has 208 valence electrons. The SMILES string of the molecule is Cn1c(=O)n(C)c2cc(-c3cccc(C4=NC(c5ccccc5)NC(c5cccc6oc7ccccc7c56)=C4)c3)ccc21. The largest absolute Gasteiger partial charge is 0.456 e. The van der Waals surface area contributed by atoms with Crippen molar-refractivity contribution in [2.24, 2.45) is 19.1 Å². The third-order valence-corrected chi connectivity index (χ3v) is 8.41. The van der Waals surface area contributed by atoms with Crippen molar-refractivity contribution < 1.29 is 4.42 Å². The molecule has 1 aliphatic heterocycles. The highest BCUT2D eigenvalue weighted by Crippen LogP contribution is 2.36. The van der Waals surface area contributed by atoms with Crippen LogP contribution in [0, 0.1) is 0 Å². The summed E-state index contributed by atoms with van der Waals surface area (Å²) >= 11 is 0. The van der Waals surface area contributed by atoms with E-state index in [9.17, 15) is 4.79 Å². The van der Waals surface area contributed by atoms with Gasteiger partial charge in [0, 0.05) is 41.7 Å². The van der Waals surface area contributed by atoms with Gasteiger partial charge in [-0.05, 0) is 53.1 Å². The number of fused-ring (bicyclic) bond motifs is 4. The molecule has 1 atom stereocenters. The number of para-hydroxylation sites is 1. The summed E-state index contributed by atoms with van der Waals surface area (Å²) in [4.78, 5) is 17.7. The van der Waals surface area contributed by atoms with E-state index in [0.29, 0.717) is 0 Å². The second kappa shape index (κ2) is 9.74. The number of hydrogen-bond acceptors (Lipinski definition) is 4. The number of rotatable bonds is 4. The fourth-order valence-corrected chi connectivity index (χ4v) is 6.18. The Labute approximate surface area is 247 Å². The molecule has 1 N–H and O–H groups in total. The number of aryl methyl sites for hydroxylation is 2. The van der Waals surface area contributed by atoms with Gasteiger partial charge in [0.1, 0.15) is 17.3 Å². The summed E-state index contributed by atoms with van der Waals surface area (Å²) in [5.41, 5.74) is 10.7. The van der Waals surface area contributed by atoms with Crippen molar-refractivity contribution in [1.82, 2.24) is 14.5 Å². The smallest absolute Gasteiger partial charge is 0.328 e. The molecule has 6 nitrogen and oxygen atoms in total. The van der Waals surface area contributed by atoms with E-state index in [1.807, 2.05) is 61.6 Å². The van der Waals surface area contributed by atoms with Gasteiger partial charge in [0.25, 0.3) is 0 Å². The lowest BCUT2D eigenvalue weighted by Gasteiger charge is -2.25. The minimum atomic E-state index is -0.261. The lowest BCUT2D eigenvalue weighted by Crippen LogP contribution is -2.25. The van der Waals surface area contributed by atoms with Crippen molar-refractivity contribution in [3.63, 3.8) is 0 Å². The van der Waals surface area contributed by atoms with Crippen LogP contribution in [0.15, 0.2) is 136 Å². The average Bonchev–Trinajstić information content (AvgIpc) is 3.55. The fraction of sp³-hybridized carbons (Fsp3) is 0.0811. The molecule has 1 aliphatic rings. The highest BCUT2D eigenvalue weighted by Gasteiger charge is 2.22. The molecular formula is C37H28N4O2. The number of hydrogen-bond donors (Lipinski definition) is 1. The first kappa shape index (κ1) is 25.1. The molecule has 0 spiro atoms. The van der Waals surface area contributed by atoms with Crippen molar-refractivity contribution in [3.05, 3.63) is 149 Å². The van der Waals surface area contributed by atoms with E-state index in [2.05, 4.69) is 72.1 Å². The number of furan rings is 1. The molecular weight excluding hydrogens is 532 g/mol. The number of aliphatic imine (C=N–C) groups is 1. The highest BCUT2D eigenvalue weighted by atomic mass is 16.3. The fourth-order valence-electron chi connectivity index (χ4n) is 6.18. The lowest BCUT2D eigenvalue weighted by molar-refractivity contribution is 0.663. The van der Waals surface area contributed by atoms with Gasteiger partial charge in [-0.1, -0.05) is 84.9 Å². The predicted molar refractivity (Wildman–Crippen MR) is 174 cm³/mol. The molecule has 1 unspecified atom stereocenters. The molecule has 0 bridgehead atoms. The van der Waals surface area contributed by atoms with Gasteiger partial charge in [-0.25, -0.2) is 4.79 Å². The van der Waals surface area contributed by atoms with Gasteiger partial charge in [-0.15, -0.1) is 0 Å². The molecule has 5 aromatic carbocycles. The Morgan fingerprint density at radius 3 is 2.30 bits per heavy atom. The quantitative estimate of drug-likeness (QED) is 0.241. The summed E-state index contributed by atoms with van der Waals surface area (Å²) in [6.07, 6.45) is 1.88. The molecule has 0 amide bonds. The number of nitrogens with zero attached hydrogens (tertiary/aromatic N) is 3. The normalized spacial score (nSPS) is 15.1. The van der Waals surface area contributed by atoms with E-state index in [0.717, 1.165) is 72.2 Å². The standard InChI is InChI=1S/C37H28N4O2/c1-40-31-19-18-25(21-32(31)41(2)37(40)42)24-12-8-13-26(20-24)29-22-30(39-36(38-29)23-10-4-3-5-11-23)27-15-9-17-34-35(27)28-14-6-7-16-33(28)43-34/h3-22,36,39H,1-2H3. The van der Waals surface area contributed by atoms with Crippen LogP contribution < -0.4 is 11.0 Å². The van der Waals surface area contributed by atoms with E-state index < -0.39 is 0 Å². The van der Waals surface area contributed by atoms with Crippen LogP contribution in [0.3, 0.4) is 0 Å². The Hall–Kier alpha value is -5.62. The molecule has 0 saturated carbocycles. The van der Waals surface area contributed by atoms with E-state index in [1.54, 1.807) is 16.2 Å². The van der Waals surface area contributed by atoms with Crippen LogP contribution in [0.5, 0.6) is 0 Å². The molecule has 0 saturated heterocycles. The first-order chi connectivity index (χ1) is 21.0. The zero-order valence-corrected chi connectivity index (χ0v) is 23.8. The van der Waals surface area contributed by atoms with Crippen LogP contribution in [-0.4, -0.2) is 14.8 Å². The zero-order chi connectivity index (χ0) is 29.1. The summed E-state index contributed by atoms with van der Waals surface area (Å²) in [5.74, 6) is 0. The molecule has 2 aromatic heterocycles. The molecule has 3 heterocycles. The molecule has 0 radical (unpaired) electrons. The molecule has 7 aromatic rings. The van der Waals surface area contributed by atoms with Crippen LogP contribution >= 0.6 is 0 Å². The van der Waals surface area contributed by atoms with E-state index in [4.69, 9.17) is 9.41 Å². The summed E-state index contributed by atoms with van der Waals surface area (Å²) in [5, 5.41) is 5.88. The second-order valence-electron chi connectivity index (χ2n) is 11.0. The van der Waals surface area contributed by atoms with Gasteiger partial charge in [0.05, 0.1) is 16.7 Å². The van der Waals surface area contributed by atoms with Gasteiger partial charge in [-0.2, -0.15) is 0 Å². The zero-order valence-electron chi connectivity index (χ0n) is 23.8. The summed E-state index contributed by atoms with van der Waals surface area (Å²) in [6, 6.07) is 39.3.